The summed E-state index contributed by atoms with van der Waals surface area (Å²) in [6, 6.07) is 0. The highest BCUT2D eigenvalue weighted by atomic mass is 16.1. The molecule has 0 saturated heterocycles. The molecule has 0 spiro atoms. The third kappa shape index (κ3) is 2.59. The van der Waals surface area contributed by atoms with Gasteiger partial charge < -0.3 is 0 Å². The van der Waals surface area contributed by atoms with Crippen molar-refractivity contribution in [3.8, 4) is 11.8 Å². The van der Waals surface area contributed by atoms with Crippen molar-refractivity contribution in [3.63, 3.8) is 0 Å². The van der Waals surface area contributed by atoms with Crippen LogP contribution in [0, 0.1) is 29.6 Å². The molecule has 1 rings (SSSR count). The normalized spacial score (nSPS) is 27.1. The van der Waals surface area contributed by atoms with Crippen LogP contribution >= 0.6 is 0 Å². The van der Waals surface area contributed by atoms with E-state index in [1.165, 1.54) is 6.42 Å². The number of Topliss-reactive ketones (excluding diaryl/α,β-unsaturated/α-hetero) is 1. The first-order chi connectivity index (χ1) is 6.15. The summed E-state index contributed by atoms with van der Waals surface area (Å²) in [5.41, 5.74) is 0. The zero-order chi connectivity index (χ0) is 9.84. The van der Waals surface area contributed by atoms with Crippen LogP contribution in [0.4, 0.5) is 0 Å². The maximum absolute atomic E-state index is 11.4. The molecule has 2 atom stereocenters. The molecular weight excluding hydrogens is 160 g/mol. The maximum Gasteiger partial charge on any atom is 0.208 e. The van der Waals surface area contributed by atoms with E-state index in [2.05, 4.69) is 25.7 Å². The lowest BCUT2D eigenvalue weighted by Crippen LogP contribution is -2.10. The molecule has 2 unspecified atom stereocenters. The quantitative estimate of drug-likeness (QED) is 0.469. The molecule has 1 aliphatic rings. The van der Waals surface area contributed by atoms with Crippen molar-refractivity contribution in [2.45, 2.75) is 40.0 Å². The van der Waals surface area contributed by atoms with E-state index >= 15 is 0 Å². The van der Waals surface area contributed by atoms with Gasteiger partial charge >= 0.3 is 0 Å². The molecule has 0 radical (unpaired) electrons. The van der Waals surface area contributed by atoms with Crippen molar-refractivity contribution in [1.82, 2.24) is 0 Å². The van der Waals surface area contributed by atoms with Gasteiger partial charge in [0.25, 0.3) is 0 Å². The van der Waals surface area contributed by atoms with Gasteiger partial charge in [-0.1, -0.05) is 19.8 Å². The summed E-state index contributed by atoms with van der Waals surface area (Å²) in [6.07, 6.45) is 3.32. The van der Waals surface area contributed by atoms with E-state index in [9.17, 15) is 4.79 Å². The second kappa shape index (κ2) is 4.46. The van der Waals surface area contributed by atoms with Gasteiger partial charge in [-0.3, -0.25) is 4.79 Å². The molecule has 1 heteroatoms. The largest absolute Gasteiger partial charge is 0.285 e. The van der Waals surface area contributed by atoms with Gasteiger partial charge in [-0.15, -0.1) is 0 Å². The minimum Gasteiger partial charge on any atom is -0.285 e. The molecule has 1 aliphatic carbocycles. The average molecular weight is 178 g/mol. The summed E-state index contributed by atoms with van der Waals surface area (Å²) in [6.45, 7) is 6.21. The molecule has 0 N–H and O–H groups in total. The predicted octanol–water partition coefficient (Wildman–Crippen LogP) is 2.65. The second-order valence-corrected chi connectivity index (χ2v) is 4.25. The Bertz CT molecular complexity index is 242. The van der Waals surface area contributed by atoms with Gasteiger partial charge in [-0.2, -0.15) is 0 Å². The van der Waals surface area contributed by atoms with Crippen molar-refractivity contribution in [3.05, 3.63) is 0 Å². The average Bonchev–Trinajstić information content (AvgIpc) is 2.52. The number of hydrogen-bond acceptors (Lipinski definition) is 1. The summed E-state index contributed by atoms with van der Waals surface area (Å²) < 4.78 is 0. The first kappa shape index (κ1) is 10.3. The van der Waals surface area contributed by atoms with Crippen LogP contribution in [-0.4, -0.2) is 5.78 Å². The van der Waals surface area contributed by atoms with Crippen LogP contribution < -0.4 is 0 Å². The second-order valence-electron chi connectivity index (χ2n) is 4.25. The minimum absolute atomic E-state index is 0.158. The smallest absolute Gasteiger partial charge is 0.208 e. The number of rotatable bonds is 2. The number of ketones is 1. The van der Waals surface area contributed by atoms with E-state index < -0.39 is 0 Å². The summed E-state index contributed by atoms with van der Waals surface area (Å²) >= 11 is 0. The zero-order valence-electron chi connectivity index (χ0n) is 8.76. The molecule has 0 aromatic carbocycles. The first-order valence-electron chi connectivity index (χ1n) is 5.11. The van der Waals surface area contributed by atoms with Crippen LogP contribution in [-0.2, 0) is 4.79 Å². The van der Waals surface area contributed by atoms with Crippen LogP contribution in [0.25, 0.3) is 0 Å². The predicted molar refractivity (Wildman–Crippen MR) is 54.1 cm³/mol. The van der Waals surface area contributed by atoms with Crippen molar-refractivity contribution in [2.24, 2.45) is 17.8 Å². The number of hydrogen-bond donors (Lipinski definition) is 0. The van der Waals surface area contributed by atoms with E-state index in [-0.39, 0.29) is 11.7 Å². The summed E-state index contributed by atoms with van der Waals surface area (Å²) in [5.74, 6) is 7.20. The van der Waals surface area contributed by atoms with E-state index in [0.717, 1.165) is 18.8 Å². The third-order valence-electron chi connectivity index (χ3n) is 3.03. The molecule has 1 nitrogen and oxygen atoms in total. The van der Waals surface area contributed by atoms with E-state index in [1.807, 2.05) is 0 Å². The molecule has 1 saturated carbocycles. The van der Waals surface area contributed by atoms with Gasteiger partial charge in [0.1, 0.15) is 0 Å². The van der Waals surface area contributed by atoms with Gasteiger partial charge in [0.2, 0.25) is 5.78 Å². The Balaban J connectivity index is 2.48. The summed E-state index contributed by atoms with van der Waals surface area (Å²) in [5, 5.41) is 0. The molecule has 0 aromatic heterocycles. The highest BCUT2D eigenvalue weighted by molar-refractivity contribution is 5.97. The van der Waals surface area contributed by atoms with Crippen molar-refractivity contribution < 1.29 is 4.79 Å². The summed E-state index contributed by atoms with van der Waals surface area (Å²) in [7, 11) is 0. The fourth-order valence-corrected chi connectivity index (χ4v) is 2.09. The molecule has 0 heterocycles. The Kier molecular flexibility index (Phi) is 3.54. The van der Waals surface area contributed by atoms with E-state index in [4.69, 9.17) is 0 Å². The van der Waals surface area contributed by atoms with Crippen molar-refractivity contribution in [1.29, 1.82) is 0 Å². The summed E-state index contributed by atoms with van der Waals surface area (Å²) in [4.78, 5) is 11.4. The highest BCUT2D eigenvalue weighted by Crippen LogP contribution is 2.35. The number of carbonyl (C=O) groups excluding carboxylic acids is 1. The maximum atomic E-state index is 11.4. The number of carbonyl (C=O) groups is 1. The standard InChI is InChI=1S/C12H18O/c1-4-5-12(13)11-7-6-10(8-11)9(2)3/h9-11H,6-8H2,1-3H3. The van der Waals surface area contributed by atoms with Gasteiger partial charge in [0, 0.05) is 5.92 Å². The van der Waals surface area contributed by atoms with Crippen molar-refractivity contribution >= 4 is 5.78 Å². The Morgan fingerprint density at radius 2 is 2.08 bits per heavy atom. The monoisotopic (exact) mass is 178 g/mol. The topological polar surface area (TPSA) is 17.1 Å². The Morgan fingerprint density at radius 3 is 2.54 bits per heavy atom. The Morgan fingerprint density at radius 1 is 1.38 bits per heavy atom. The SMILES string of the molecule is CC#CC(=O)C1CCC(C(C)C)C1. The highest BCUT2D eigenvalue weighted by Gasteiger charge is 2.30. The molecule has 0 aromatic rings. The lowest BCUT2D eigenvalue weighted by molar-refractivity contribution is -0.117. The fourth-order valence-electron chi connectivity index (χ4n) is 2.09. The van der Waals surface area contributed by atoms with Gasteiger partial charge in [0.15, 0.2) is 0 Å². The van der Waals surface area contributed by atoms with E-state index in [1.54, 1.807) is 6.92 Å². The van der Waals surface area contributed by atoms with Crippen LogP contribution in [0.2, 0.25) is 0 Å². The van der Waals surface area contributed by atoms with E-state index in [0.29, 0.717) is 5.92 Å². The lowest BCUT2D eigenvalue weighted by atomic mass is 9.92. The van der Waals surface area contributed by atoms with Crippen LogP contribution in [0.3, 0.4) is 0 Å². The van der Waals surface area contributed by atoms with Crippen molar-refractivity contribution in [2.75, 3.05) is 0 Å². The lowest BCUT2D eigenvalue weighted by Gasteiger charge is -2.12. The molecule has 72 valence electrons. The molecule has 0 amide bonds. The fraction of sp³-hybridized carbons (Fsp3) is 0.750. The van der Waals surface area contributed by atoms with Crippen LogP contribution in [0.15, 0.2) is 0 Å². The molecule has 0 aliphatic heterocycles. The van der Waals surface area contributed by atoms with Gasteiger partial charge in [0.05, 0.1) is 0 Å². The molecule has 13 heavy (non-hydrogen) atoms. The Labute approximate surface area is 80.9 Å². The Hall–Kier alpha value is -0.770. The van der Waals surface area contributed by atoms with Crippen LogP contribution in [0.1, 0.15) is 40.0 Å². The third-order valence-corrected chi connectivity index (χ3v) is 3.03. The zero-order valence-corrected chi connectivity index (χ0v) is 8.76. The van der Waals surface area contributed by atoms with Gasteiger partial charge in [-0.05, 0) is 43.9 Å². The molecular formula is C12H18O. The molecule has 0 bridgehead atoms. The van der Waals surface area contributed by atoms with Gasteiger partial charge in [-0.25, -0.2) is 0 Å². The van der Waals surface area contributed by atoms with Crippen LogP contribution in [0.5, 0.6) is 0 Å². The first-order valence-corrected chi connectivity index (χ1v) is 5.11. The molecule has 1 fully saturated rings. The minimum atomic E-state index is 0.158.